The van der Waals surface area contributed by atoms with Gasteiger partial charge in [0.05, 0.1) is 6.54 Å². The quantitative estimate of drug-likeness (QED) is 0.722. The van der Waals surface area contributed by atoms with Gasteiger partial charge < -0.3 is 13.9 Å². The second-order valence-corrected chi connectivity index (χ2v) is 5.19. The van der Waals surface area contributed by atoms with Crippen molar-refractivity contribution < 1.29 is 4.42 Å². The maximum absolute atomic E-state index is 5.43. The molecule has 0 atom stereocenters. The van der Waals surface area contributed by atoms with Gasteiger partial charge in [-0.05, 0) is 13.8 Å². The molecule has 8 heteroatoms. The number of oxazole rings is 1. The Hall–Kier alpha value is -2.51. The Bertz CT molecular complexity index is 761. The average Bonchev–Trinajstić information content (AvgIpc) is 3.02. The zero-order chi connectivity index (χ0) is 15.0. The number of rotatable bonds is 4. The average molecular weight is 287 g/mol. The van der Waals surface area contributed by atoms with Gasteiger partial charge in [0.15, 0.2) is 23.0 Å². The SMILES string of the molecule is Cc1nc2c(N(C)Cc3nncn3C(C)C)ncnc2o1. The highest BCUT2D eigenvalue weighted by Crippen LogP contribution is 2.23. The first kappa shape index (κ1) is 13.5. The van der Waals surface area contributed by atoms with E-state index >= 15 is 0 Å². The minimum atomic E-state index is 0.308. The minimum Gasteiger partial charge on any atom is -0.422 e. The molecule has 3 heterocycles. The lowest BCUT2D eigenvalue weighted by molar-refractivity contribution is 0.550. The van der Waals surface area contributed by atoms with E-state index < -0.39 is 0 Å². The lowest BCUT2D eigenvalue weighted by Crippen LogP contribution is -2.21. The first-order valence-corrected chi connectivity index (χ1v) is 6.74. The molecule has 0 aromatic carbocycles. The van der Waals surface area contributed by atoms with E-state index in [2.05, 4.69) is 39.0 Å². The molecular formula is C13H17N7O. The van der Waals surface area contributed by atoms with Gasteiger partial charge in [0.1, 0.15) is 12.7 Å². The number of aryl methyl sites for hydroxylation is 1. The standard InChI is InChI=1S/C13H17N7O/c1-8(2)20-7-16-18-10(20)5-19(4)12-11-13(15-6-14-12)21-9(3)17-11/h6-8H,5H2,1-4H3. The third kappa shape index (κ3) is 2.44. The third-order valence-electron chi connectivity index (χ3n) is 3.23. The van der Waals surface area contributed by atoms with Crippen molar-refractivity contribution >= 4 is 17.0 Å². The van der Waals surface area contributed by atoms with Crippen LogP contribution in [0.3, 0.4) is 0 Å². The van der Waals surface area contributed by atoms with Gasteiger partial charge in [0, 0.05) is 20.0 Å². The van der Waals surface area contributed by atoms with Crippen LogP contribution in [0.1, 0.15) is 31.6 Å². The molecule has 0 saturated heterocycles. The van der Waals surface area contributed by atoms with Gasteiger partial charge in [-0.25, -0.2) is 9.97 Å². The number of anilines is 1. The molecule has 21 heavy (non-hydrogen) atoms. The summed E-state index contributed by atoms with van der Waals surface area (Å²) in [6.07, 6.45) is 3.22. The summed E-state index contributed by atoms with van der Waals surface area (Å²) in [5, 5.41) is 8.15. The molecule has 0 N–H and O–H groups in total. The first-order chi connectivity index (χ1) is 10.1. The maximum atomic E-state index is 5.43. The zero-order valence-electron chi connectivity index (χ0n) is 12.5. The van der Waals surface area contributed by atoms with Gasteiger partial charge in [-0.1, -0.05) is 0 Å². The molecule has 0 unspecified atom stereocenters. The fourth-order valence-corrected chi connectivity index (χ4v) is 2.22. The van der Waals surface area contributed by atoms with Gasteiger partial charge in [-0.3, -0.25) is 0 Å². The van der Waals surface area contributed by atoms with Gasteiger partial charge in [-0.2, -0.15) is 4.98 Å². The fraction of sp³-hybridized carbons (Fsp3) is 0.462. The Morgan fingerprint density at radius 1 is 1.33 bits per heavy atom. The van der Waals surface area contributed by atoms with Gasteiger partial charge in [0.25, 0.3) is 5.71 Å². The number of nitrogens with zero attached hydrogens (tertiary/aromatic N) is 7. The smallest absolute Gasteiger partial charge is 0.252 e. The normalized spacial score (nSPS) is 11.5. The van der Waals surface area contributed by atoms with Crippen molar-refractivity contribution in [2.75, 3.05) is 11.9 Å². The van der Waals surface area contributed by atoms with Crippen LogP contribution in [0.25, 0.3) is 11.2 Å². The van der Waals surface area contributed by atoms with E-state index in [-0.39, 0.29) is 0 Å². The van der Waals surface area contributed by atoms with Crippen molar-refractivity contribution in [3.8, 4) is 0 Å². The summed E-state index contributed by atoms with van der Waals surface area (Å²) in [4.78, 5) is 14.7. The van der Waals surface area contributed by atoms with Crippen LogP contribution in [0.2, 0.25) is 0 Å². The largest absolute Gasteiger partial charge is 0.422 e. The van der Waals surface area contributed by atoms with Crippen molar-refractivity contribution in [3.63, 3.8) is 0 Å². The summed E-state index contributed by atoms with van der Waals surface area (Å²) in [6, 6.07) is 0.308. The number of aromatic nitrogens is 6. The van der Waals surface area contributed by atoms with Crippen LogP contribution in [0.4, 0.5) is 5.82 Å². The van der Waals surface area contributed by atoms with Crippen molar-refractivity contribution in [2.45, 2.75) is 33.4 Å². The van der Waals surface area contributed by atoms with Crippen LogP contribution in [-0.4, -0.2) is 36.8 Å². The summed E-state index contributed by atoms with van der Waals surface area (Å²) in [6.45, 7) is 6.56. The highest BCUT2D eigenvalue weighted by Gasteiger charge is 2.16. The Morgan fingerprint density at radius 3 is 2.90 bits per heavy atom. The number of hydrogen-bond acceptors (Lipinski definition) is 7. The van der Waals surface area contributed by atoms with Crippen LogP contribution in [0.5, 0.6) is 0 Å². The summed E-state index contributed by atoms with van der Waals surface area (Å²) < 4.78 is 7.46. The second-order valence-electron chi connectivity index (χ2n) is 5.19. The molecule has 0 spiro atoms. The predicted molar refractivity (Wildman–Crippen MR) is 76.9 cm³/mol. The Kier molecular flexibility index (Phi) is 3.28. The molecule has 3 rings (SSSR count). The molecule has 0 aliphatic carbocycles. The molecular weight excluding hydrogens is 270 g/mol. The maximum Gasteiger partial charge on any atom is 0.252 e. The molecule has 0 bridgehead atoms. The van der Waals surface area contributed by atoms with E-state index in [1.807, 2.05) is 16.5 Å². The van der Waals surface area contributed by atoms with E-state index in [0.29, 0.717) is 29.7 Å². The van der Waals surface area contributed by atoms with Crippen LogP contribution in [0.15, 0.2) is 17.1 Å². The monoisotopic (exact) mass is 287 g/mol. The van der Waals surface area contributed by atoms with E-state index in [4.69, 9.17) is 4.42 Å². The summed E-state index contributed by atoms with van der Waals surface area (Å²) >= 11 is 0. The molecule has 3 aromatic rings. The van der Waals surface area contributed by atoms with E-state index in [1.54, 1.807) is 13.3 Å². The van der Waals surface area contributed by atoms with Crippen molar-refractivity contribution in [2.24, 2.45) is 0 Å². The van der Waals surface area contributed by atoms with Crippen molar-refractivity contribution in [1.82, 2.24) is 29.7 Å². The zero-order valence-corrected chi connectivity index (χ0v) is 12.5. The summed E-state index contributed by atoms with van der Waals surface area (Å²) in [5.41, 5.74) is 1.16. The van der Waals surface area contributed by atoms with Crippen LogP contribution in [-0.2, 0) is 6.54 Å². The second kappa shape index (κ2) is 5.12. The van der Waals surface area contributed by atoms with Crippen LogP contribution >= 0.6 is 0 Å². The minimum absolute atomic E-state index is 0.308. The summed E-state index contributed by atoms with van der Waals surface area (Å²) in [7, 11) is 1.94. The first-order valence-electron chi connectivity index (χ1n) is 6.74. The van der Waals surface area contributed by atoms with E-state index in [9.17, 15) is 0 Å². The fourth-order valence-electron chi connectivity index (χ4n) is 2.22. The third-order valence-corrected chi connectivity index (χ3v) is 3.23. The van der Waals surface area contributed by atoms with Crippen molar-refractivity contribution in [1.29, 1.82) is 0 Å². The van der Waals surface area contributed by atoms with Gasteiger partial charge >= 0.3 is 0 Å². The Labute approximate surface area is 121 Å². The molecule has 0 amide bonds. The molecule has 0 fully saturated rings. The molecule has 110 valence electrons. The molecule has 0 aliphatic rings. The topological polar surface area (TPSA) is 85.8 Å². The van der Waals surface area contributed by atoms with Crippen LogP contribution < -0.4 is 4.90 Å². The number of fused-ring (bicyclic) bond motifs is 1. The van der Waals surface area contributed by atoms with Gasteiger partial charge in [0.2, 0.25) is 0 Å². The van der Waals surface area contributed by atoms with Crippen LogP contribution in [0, 0.1) is 6.92 Å². The van der Waals surface area contributed by atoms with Crippen molar-refractivity contribution in [3.05, 3.63) is 24.4 Å². The molecule has 3 aromatic heterocycles. The highest BCUT2D eigenvalue weighted by molar-refractivity contribution is 5.81. The van der Waals surface area contributed by atoms with E-state index in [0.717, 1.165) is 11.6 Å². The number of hydrogen-bond donors (Lipinski definition) is 0. The molecule has 0 radical (unpaired) electrons. The summed E-state index contributed by atoms with van der Waals surface area (Å²) in [5.74, 6) is 2.17. The Balaban J connectivity index is 1.93. The van der Waals surface area contributed by atoms with Gasteiger partial charge in [-0.15, -0.1) is 10.2 Å². The molecule has 0 aliphatic heterocycles. The Morgan fingerprint density at radius 2 is 2.14 bits per heavy atom. The molecule has 0 saturated carbocycles. The lowest BCUT2D eigenvalue weighted by atomic mass is 10.3. The lowest BCUT2D eigenvalue weighted by Gasteiger charge is -2.18. The highest BCUT2D eigenvalue weighted by atomic mass is 16.4. The molecule has 8 nitrogen and oxygen atoms in total. The predicted octanol–water partition coefficient (Wildman–Crippen LogP) is 1.74. The van der Waals surface area contributed by atoms with E-state index in [1.165, 1.54) is 6.33 Å².